The van der Waals surface area contributed by atoms with E-state index in [0.717, 1.165) is 5.03 Å². The van der Waals surface area contributed by atoms with Crippen molar-refractivity contribution in [3.05, 3.63) is 11.9 Å². The molecule has 0 aliphatic heterocycles. The Hall–Kier alpha value is -0.850. The average molecular weight is 214 g/mol. The summed E-state index contributed by atoms with van der Waals surface area (Å²) in [6.45, 7) is 3.00. The number of nitrogen functional groups attached to an aromatic ring is 1. The van der Waals surface area contributed by atoms with Gasteiger partial charge in [0, 0.05) is 12.7 Å². The molecule has 5 nitrogen and oxygen atoms in total. The van der Waals surface area contributed by atoms with Gasteiger partial charge in [-0.2, -0.15) is 0 Å². The number of rotatable bonds is 5. The smallest absolute Gasteiger partial charge is 0.157 e. The summed E-state index contributed by atoms with van der Waals surface area (Å²) in [7, 11) is 0. The molecule has 0 amide bonds. The van der Waals surface area contributed by atoms with Gasteiger partial charge >= 0.3 is 0 Å². The van der Waals surface area contributed by atoms with Crippen LogP contribution in [0.25, 0.3) is 0 Å². The first kappa shape index (κ1) is 11.2. The van der Waals surface area contributed by atoms with E-state index >= 15 is 0 Å². The molecule has 14 heavy (non-hydrogen) atoms. The molecule has 0 spiro atoms. The van der Waals surface area contributed by atoms with Crippen LogP contribution in [0.1, 0.15) is 12.7 Å². The molecule has 1 rings (SSSR count). The van der Waals surface area contributed by atoms with Crippen molar-refractivity contribution in [1.29, 1.82) is 0 Å². The van der Waals surface area contributed by atoms with Crippen LogP contribution in [0.2, 0.25) is 0 Å². The van der Waals surface area contributed by atoms with Gasteiger partial charge in [0.2, 0.25) is 0 Å². The highest BCUT2D eigenvalue weighted by Gasteiger charge is 2.02. The van der Waals surface area contributed by atoms with Crippen molar-refractivity contribution in [2.75, 3.05) is 18.3 Å². The van der Waals surface area contributed by atoms with Gasteiger partial charge in [-0.3, -0.25) is 0 Å². The molecule has 0 saturated heterocycles. The Balaban J connectivity index is 2.81. The molecule has 1 aromatic rings. The number of aromatic nitrogens is 2. The van der Waals surface area contributed by atoms with E-state index < -0.39 is 0 Å². The quantitative estimate of drug-likeness (QED) is 0.330. The Kier molecular flexibility index (Phi) is 4.64. The van der Waals surface area contributed by atoms with Gasteiger partial charge in [-0.1, -0.05) is 0 Å². The normalized spacial score (nSPS) is 10.2. The van der Waals surface area contributed by atoms with Crippen LogP contribution in [0.3, 0.4) is 0 Å². The Morgan fingerprint density at radius 3 is 2.93 bits per heavy atom. The molecule has 3 N–H and O–H groups in total. The van der Waals surface area contributed by atoms with Crippen LogP contribution in [0, 0.1) is 0 Å². The summed E-state index contributed by atoms with van der Waals surface area (Å²) in [6.07, 6.45) is 1.95. The fourth-order valence-corrected chi connectivity index (χ4v) is 1.34. The van der Waals surface area contributed by atoms with Gasteiger partial charge in [0.1, 0.15) is 17.5 Å². The van der Waals surface area contributed by atoms with Gasteiger partial charge in [0.25, 0.3) is 0 Å². The number of anilines is 1. The van der Waals surface area contributed by atoms with Gasteiger partial charge < -0.3 is 10.2 Å². The Morgan fingerprint density at radius 1 is 1.57 bits per heavy atom. The summed E-state index contributed by atoms with van der Waals surface area (Å²) in [5.74, 6) is 6.54. The van der Waals surface area contributed by atoms with Crippen LogP contribution in [0.15, 0.2) is 11.1 Å². The SMILES string of the molecule is CCOCc1nc(NN)cc(SC)n1. The van der Waals surface area contributed by atoms with Crippen LogP contribution in [-0.4, -0.2) is 22.8 Å². The maximum absolute atomic E-state index is 5.28. The lowest BCUT2D eigenvalue weighted by atomic mass is 10.5. The molecule has 0 saturated carbocycles. The Bertz CT molecular complexity index is 272. The highest BCUT2D eigenvalue weighted by atomic mass is 32.2. The van der Waals surface area contributed by atoms with E-state index in [1.807, 2.05) is 13.2 Å². The maximum atomic E-state index is 5.28. The zero-order valence-corrected chi connectivity index (χ0v) is 9.10. The van der Waals surface area contributed by atoms with Crippen molar-refractivity contribution in [2.24, 2.45) is 5.84 Å². The minimum absolute atomic E-state index is 0.416. The highest BCUT2D eigenvalue weighted by Crippen LogP contribution is 2.15. The number of hydrogen-bond acceptors (Lipinski definition) is 6. The first-order chi connectivity index (χ1) is 6.80. The second-order valence-corrected chi connectivity index (χ2v) is 3.32. The van der Waals surface area contributed by atoms with Gasteiger partial charge in [-0.25, -0.2) is 15.8 Å². The zero-order valence-electron chi connectivity index (χ0n) is 8.28. The summed E-state index contributed by atoms with van der Waals surface area (Å²) in [4.78, 5) is 8.42. The highest BCUT2D eigenvalue weighted by molar-refractivity contribution is 7.98. The van der Waals surface area contributed by atoms with Crippen molar-refractivity contribution in [1.82, 2.24) is 9.97 Å². The van der Waals surface area contributed by atoms with E-state index in [2.05, 4.69) is 15.4 Å². The van der Waals surface area contributed by atoms with Crippen LogP contribution >= 0.6 is 11.8 Å². The first-order valence-electron chi connectivity index (χ1n) is 4.26. The molecular formula is C8H14N4OS. The topological polar surface area (TPSA) is 73.1 Å². The van der Waals surface area contributed by atoms with Crippen LogP contribution in [0.5, 0.6) is 0 Å². The molecule has 78 valence electrons. The average Bonchev–Trinajstić information content (AvgIpc) is 2.25. The molecule has 0 atom stereocenters. The molecule has 1 heterocycles. The number of hydrogen-bond donors (Lipinski definition) is 2. The van der Waals surface area contributed by atoms with E-state index in [1.165, 1.54) is 0 Å². The van der Waals surface area contributed by atoms with Gasteiger partial charge in [-0.05, 0) is 13.2 Å². The second kappa shape index (κ2) is 5.79. The summed E-state index contributed by atoms with van der Waals surface area (Å²) in [5.41, 5.74) is 2.50. The van der Waals surface area contributed by atoms with E-state index in [0.29, 0.717) is 24.9 Å². The zero-order chi connectivity index (χ0) is 10.4. The minimum Gasteiger partial charge on any atom is -0.374 e. The summed E-state index contributed by atoms with van der Waals surface area (Å²) < 4.78 is 5.22. The van der Waals surface area contributed by atoms with Gasteiger partial charge in [0.15, 0.2) is 5.82 Å². The summed E-state index contributed by atoms with van der Waals surface area (Å²) in [6, 6.07) is 1.79. The lowest BCUT2D eigenvalue weighted by Gasteiger charge is -2.05. The van der Waals surface area contributed by atoms with Crippen molar-refractivity contribution in [3.8, 4) is 0 Å². The molecule has 0 fully saturated rings. The second-order valence-electron chi connectivity index (χ2n) is 2.49. The van der Waals surface area contributed by atoms with E-state index in [4.69, 9.17) is 10.6 Å². The van der Waals surface area contributed by atoms with Gasteiger partial charge in [-0.15, -0.1) is 11.8 Å². The largest absolute Gasteiger partial charge is 0.374 e. The molecular weight excluding hydrogens is 200 g/mol. The first-order valence-corrected chi connectivity index (χ1v) is 5.49. The lowest BCUT2D eigenvalue weighted by molar-refractivity contribution is 0.128. The van der Waals surface area contributed by atoms with E-state index in [-0.39, 0.29) is 0 Å². The van der Waals surface area contributed by atoms with Crippen LogP contribution in [0.4, 0.5) is 5.82 Å². The summed E-state index contributed by atoms with van der Waals surface area (Å²) >= 11 is 1.54. The van der Waals surface area contributed by atoms with E-state index in [1.54, 1.807) is 17.8 Å². The number of nitrogens with two attached hydrogens (primary N) is 1. The number of ether oxygens (including phenoxy) is 1. The van der Waals surface area contributed by atoms with Crippen molar-refractivity contribution in [3.63, 3.8) is 0 Å². The predicted molar refractivity (Wildman–Crippen MR) is 57.0 cm³/mol. The standard InChI is InChI=1S/C8H14N4OS/c1-3-13-5-7-10-6(12-9)4-8(11-7)14-2/h4H,3,5,9H2,1-2H3,(H,10,11,12). The fourth-order valence-electron chi connectivity index (χ4n) is 0.909. The third kappa shape index (κ3) is 3.13. The molecule has 0 unspecified atom stereocenters. The Morgan fingerprint density at radius 2 is 2.36 bits per heavy atom. The molecule has 0 radical (unpaired) electrons. The maximum Gasteiger partial charge on any atom is 0.157 e. The third-order valence-electron chi connectivity index (χ3n) is 1.54. The summed E-state index contributed by atoms with van der Waals surface area (Å²) in [5, 5.41) is 0.877. The Labute approximate surface area is 87.4 Å². The molecule has 0 aliphatic rings. The van der Waals surface area contributed by atoms with Crippen LogP contribution < -0.4 is 11.3 Å². The van der Waals surface area contributed by atoms with Crippen molar-refractivity contribution >= 4 is 17.6 Å². The minimum atomic E-state index is 0.416. The molecule has 1 aromatic heterocycles. The van der Waals surface area contributed by atoms with Crippen molar-refractivity contribution < 1.29 is 4.74 Å². The molecule has 0 aliphatic carbocycles. The molecule has 0 aromatic carbocycles. The van der Waals surface area contributed by atoms with Crippen LogP contribution in [-0.2, 0) is 11.3 Å². The predicted octanol–water partition coefficient (Wildman–Crippen LogP) is 1.02. The molecule has 6 heteroatoms. The van der Waals surface area contributed by atoms with Gasteiger partial charge in [0.05, 0.1) is 0 Å². The number of hydrazine groups is 1. The fraction of sp³-hybridized carbons (Fsp3) is 0.500. The monoisotopic (exact) mass is 214 g/mol. The van der Waals surface area contributed by atoms with Crippen molar-refractivity contribution in [2.45, 2.75) is 18.6 Å². The number of nitrogens with zero attached hydrogens (tertiary/aromatic N) is 2. The number of nitrogens with one attached hydrogen (secondary N) is 1. The van der Waals surface area contributed by atoms with E-state index in [9.17, 15) is 0 Å². The third-order valence-corrected chi connectivity index (χ3v) is 2.17. The lowest BCUT2D eigenvalue weighted by Crippen LogP contribution is -2.11. The number of thioether (sulfide) groups is 1. The molecule has 0 bridgehead atoms.